The fourth-order valence-electron chi connectivity index (χ4n) is 5.86. The maximum absolute atomic E-state index is 14.2. The van der Waals surface area contributed by atoms with E-state index in [-0.39, 0.29) is 30.2 Å². The summed E-state index contributed by atoms with van der Waals surface area (Å²) in [6, 6.07) is 15.0. The van der Waals surface area contributed by atoms with Crippen LogP contribution in [0.15, 0.2) is 57.8 Å². The molecule has 9 heteroatoms. The summed E-state index contributed by atoms with van der Waals surface area (Å²) in [7, 11) is 0. The van der Waals surface area contributed by atoms with Crippen molar-refractivity contribution in [2.75, 3.05) is 0 Å². The Hall–Kier alpha value is -3.72. The highest BCUT2D eigenvalue weighted by molar-refractivity contribution is 9.10. The van der Waals surface area contributed by atoms with Crippen molar-refractivity contribution in [3.63, 3.8) is 0 Å². The first-order valence-electron chi connectivity index (χ1n) is 14.1. The van der Waals surface area contributed by atoms with Gasteiger partial charge in [-0.25, -0.2) is 14.2 Å². The molecule has 1 atom stereocenters. The van der Waals surface area contributed by atoms with E-state index in [1.165, 1.54) is 0 Å². The SMILES string of the molecule is Cc1cc(C)n(-c2nc3c(c(=O)n2-c2ccc(O[C@H]4C[C@@H](C)C4)cc2)C[C@@H](C)N(C(=O)c2ccc(Br)c(C)c2)C3)n1. The minimum atomic E-state index is -0.165. The Morgan fingerprint density at radius 1 is 1.02 bits per heavy atom. The molecule has 2 aliphatic rings. The molecule has 0 saturated heterocycles. The van der Waals surface area contributed by atoms with Crippen LogP contribution in [0.1, 0.15) is 65.3 Å². The molecule has 8 nitrogen and oxygen atoms in total. The number of carbonyl (C=O) groups excluding carboxylic acids is 1. The van der Waals surface area contributed by atoms with Gasteiger partial charge in [0.05, 0.1) is 29.7 Å². The van der Waals surface area contributed by atoms with Crippen molar-refractivity contribution in [1.82, 2.24) is 24.2 Å². The van der Waals surface area contributed by atoms with Crippen LogP contribution in [0.5, 0.6) is 5.75 Å². The second-order valence-corrected chi connectivity index (χ2v) is 12.4. The monoisotopic (exact) mass is 615 g/mol. The summed E-state index contributed by atoms with van der Waals surface area (Å²) < 4.78 is 10.4. The second-order valence-electron chi connectivity index (χ2n) is 11.6. The molecule has 1 amide bonds. The van der Waals surface area contributed by atoms with Crippen LogP contribution >= 0.6 is 15.9 Å². The van der Waals surface area contributed by atoms with Gasteiger partial charge in [-0.05, 0) is 107 Å². The number of hydrogen-bond acceptors (Lipinski definition) is 5. The maximum atomic E-state index is 14.2. The summed E-state index contributed by atoms with van der Waals surface area (Å²) in [5.74, 6) is 1.83. The van der Waals surface area contributed by atoms with E-state index in [0.717, 1.165) is 40.0 Å². The van der Waals surface area contributed by atoms with Crippen molar-refractivity contribution in [3.8, 4) is 17.4 Å². The lowest BCUT2D eigenvalue weighted by molar-refractivity contribution is 0.0652. The average molecular weight is 617 g/mol. The Kier molecular flexibility index (Phi) is 7.09. The number of aromatic nitrogens is 4. The third kappa shape index (κ3) is 5.12. The molecule has 6 rings (SSSR count). The van der Waals surface area contributed by atoms with E-state index in [2.05, 4.69) is 28.0 Å². The van der Waals surface area contributed by atoms with Crippen LogP contribution in [-0.4, -0.2) is 42.3 Å². The molecule has 41 heavy (non-hydrogen) atoms. The van der Waals surface area contributed by atoms with Crippen LogP contribution in [0.2, 0.25) is 0 Å². The number of aryl methyl sites for hydroxylation is 3. The molecule has 0 N–H and O–H groups in total. The van der Waals surface area contributed by atoms with Gasteiger partial charge in [-0.1, -0.05) is 22.9 Å². The third-order valence-electron chi connectivity index (χ3n) is 8.19. The van der Waals surface area contributed by atoms with Crippen molar-refractivity contribution >= 4 is 21.8 Å². The molecule has 0 spiro atoms. The standard InChI is InChI=1S/C32H34BrN5O3/c1-18-12-26(13-18)41-25-9-7-24(8-10-25)37-31(40)27-16-21(4)36(30(39)23-6-11-28(33)19(2)14-23)17-29(27)34-32(37)38-22(5)15-20(3)35-38/h6-11,14-15,18,21,26H,12-13,16-17H2,1-5H3/t18-,21-,26+/m1/s1. The summed E-state index contributed by atoms with van der Waals surface area (Å²) in [4.78, 5) is 34.6. The number of benzene rings is 2. The molecule has 212 valence electrons. The molecule has 1 fully saturated rings. The van der Waals surface area contributed by atoms with Gasteiger partial charge < -0.3 is 9.64 Å². The highest BCUT2D eigenvalue weighted by Gasteiger charge is 2.33. The zero-order valence-electron chi connectivity index (χ0n) is 24.0. The van der Waals surface area contributed by atoms with E-state index < -0.39 is 0 Å². The first-order chi connectivity index (χ1) is 19.6. The molecule has 1 aliphatic carbocycles. The number of nitrogens with zero attached hydrogens (tertiary/aromatic N) is 5. The highest BCUT2D eigenvalue weighted by Crippen LogP contribution is 2.31. The van der Waals surface area contributed by atoms with E-state index in [4.69, 9.17) is 9.72 Å². The molecule has 2 aromatic heterocycles. The summed E-state index contributed by atoms with van der Waals surface area (Å²) in [6.45, 7) is 10.3. The van der Waals surface area contributed by atoms with Gasteiger partial charge in [0, 0.05) is 27.3 Å². The summed E-state index contributed by atoms with van der Waals surface area (Å²) in [5, 5.41) is 4.66. The van der Waals surface area contributed by atoms with Crippen molar-refractivity contribution in [1.29, 1.82) is 0 Å². The zero-order chi connectivity index (χ0) is 29.0. The lowest BCUT2D eigenvalue weighted by atomic mass is 9.84. The predicted molar refractivity (Wildman–Crippen MR) is 161 cm³/mol. The molecule has 2 aromatic carbocycles. The van der Waals surface area contributed by atoms with Crippen LogP contribution in [0.4, 0.5) is 0 Å². The summed E-state index contributed by atoms with van der Waals surface area (Å²) in [5.41, 5.74) is 5.09. The topological polar surface area (TPSA) is 82.2 Å². The minimum Gasteiger partial charge on any atom is -0.490 e. The highest BCUT2D eigenvalue weighted by atomic mass is 79.9. The van der Waals surface area contributed by atoms with Crippen molar-refractivity contribution < 1.29 is 9.53 Å². The molecule has 4 aromatic rings. The lowest BCUT2D eigenvalue weighted by Gasteiger charge is -2.34. The van der Waals surface area contributed by atoms with E-state index in [1.54, 1.807) is 14.1 Å². The largest absolute Gasteiger partial charge is 0.490 e. The van der Waals surface area contributed by atoms with Crippen molar-refractivity contribution in [2.45, 2.75) is 72.6 Å². The van der Waals surface area contributed by atoms with E-state index >= 15 is 0 Å². The molecule has 0 radical (unpaired) electrons. The molecule has 1 saturated carbocycles. The Labute approximate surface area is 248 Å². The van der Waals surface area contributed by atoms with Crippen LogP contribution in [0, 0.1) is 26.7 Å². The Morgan fingerprint density at radius 2 is 1.76 bits per heavy atom. The number of amides is 1. The van der Waals surface area contributed by atoms with Crippen LogP contribution in [0.25, 0.3) is 11.6 Å². The number of ether oxygens (including phenoxy) is 1. The number of rotatable bonds is 5. The minimum absolute atomic E-state index is 0.0752. The smallest absolute Gasteiger partial charge is 0.263 e. The van der Waals surface area contributed by atoms with Crippen LogP contribution in [0.3, 0.4) is 0 Å². The van der Waals surface area contributed by atoms with E-state index in [0.29, 0.717) is 40.8 Å². The molecular weight excluding hydrogens is 582 g/mol. The molecule has 0 unspecified atom stereocenters. The van der Waals surface area contributed by atoms with E-state index in [1.807, 2.05) is 76.2 Å². The Bertz CT molecular complexity index is 1700. The van der Waals surface area contributed by atoms with Crippen LogP contribution in [-0.2, 0) is 13.0 Å². The predicted octanol–water partition coefficient (Wildman–Crippen LogP) is 5.87. The number of fused-ring (bicyclic) bond motifs is 1. The second kappa shape index (κ2) is 10.6. The number of hydrogen-bond donors (Lipinski definition) is 0. The number of halogens is 1. The third-order valence-corrected chi connectivity index (χ3v) is 9.08. The van der Waals surface area contributed by atoms with Crippen molar-refractivity contribution in [2.24, 2.45) is 5.92 Å². The fourth-order valence-corrected chi connectivity index (χ4v) is 6.11. The lowest BCUT2D eigenvalue weighted by Crippen LogP contribution is -2.46. The van der Waals surface area contributed by atoms with Gasteiger partial charge >= 0.3 is 0 Å². The zero-order valence-corrected chi connectivity index (χ0v) is 25.6. The fraction of sp³-hybridized carbons (Fsp3) is 0.375. The molecule has 1 aliphatic heterocycles. The normalized spacial score (nSPS) is 20.0. The van der Waals surface area contributed by atoms with Gasteiger partial charge in [0.1, 0.15) is 5.75 Å². The Morgan fingerprint density at radius 3 is 2.39 bits per heavy atom. The van der Waals surface area contributed by atoms with Gasteiger partial charge in [0.15, 0.2) is 0 Å². The van der Waals surface area contributed by atoms with E-state index in [9.17, 15) is 9.59 Å². The van der Waals surface area contributed by atoms with Gasteiger partial charge in [-0.3, -0.25) is 9.59 Å². The average Bonchev–Trinajstić information content (AvgIpc) is 3.27. The molecular formula is C32H34BrN5O3. The van der Waals surface area contributed by atoms with Gasteiger partial charge in [0.25, 0.3) is 11.5 Å². The van der Waals surface area contributed by atoms with Gasteiger partial charge in [0.2, 0.25) is 5.95 Å². The van der Waals surface area contributed by atoms with Crippen molar-refractivity contribution in [3.05, 3.63) is 97.1 Å². The number of carbonyl (C=O) groups is 1. The van der Waals surface area contributed by atoms with Gasteiger partial charge in [-0.15, -0.1) is 0 Å². The molecule has 3 heterocycles. The van der Waals surface area contributed by atoms with Gasteiger partial charge in [-0.2, -0.15) is 5.10 Å². The molecule has 0 bridgehead atoms. The summed E-state index contributed by atoms with van der Waals surface area (Å²) in [6.07, 6.45) is 2.80. The quantitative estimate of drug-likeness (QED) is 0.280. The maximum Gasteiger partial charge on any atom is 0.263 e. The summed E-state index contributed by atoms with van der Waals surface area (Å²) >= 11 is 3.51. The Balaban J connectivity index is 1.41. The first-order valence-corrected chi connectivity index (χ1v) is 14.9. The first kappa shape index (κ1) is 27.4. The van der Waals surface area contributed by atoms with Crippen LogP contribution < -0.4 is 10.3 Å².